The first-order valence-corrected chi connectivity index (χ1v) is 6.89. The predicted molar refractivity (Wildman–Crippen MR) is 68.1 cm³/mol. The van der Waals surface area contributed by atoms with Gasteiger partial charge in [0.2, 0.25) is 5.91 Å². The largest absolute Gasteiger partial charge is 0.350 e. The fourth-order valence-corrected chi connectivity index (χ4v) is 1.98. The molecule has 0 aromatic rings. The summed E-state index contributed by atoms with van der Waals surface area (Å²) in [6, 6.07) is -0.367. The van der Waals surface area contributed by atoms with E-state index in [1.54, 1.807) is 11.8 Å². The van der Waals surface area contributed by atoms with Gasteiger partial charge in [0.25, 0.3) is 0 Å². The number of hydrogen-bond acceptors (Lipinski definition) is 3. The number of carbonyl (C=O) groups is 1. The van der Waals surface area contributed by atoms with E-state index >= 15 is 0 Å². The van der Waals surface area contributed by atoms with E-state index in [4.69, 9.17) is 5.73 Å². The fraction of sp³-hybridized carbons (Fsp3) is 0.909. The first kappa shape index (κ1) is 14.8. The molecule has 3 N–H and O–H groups in total. The molecule has 4 heteroatoms. The van der Waals surface area contributed by atoms with Crippen LogP contribution in [0.4, 0.5) is 0 Å². The molecule has 0 aliphatic heterocycles. The van der Waals surface area contributed by atoms with E-state index in [-0.39, 0.29) is 17.5 Å². The number of carbonyl (C=O) groups excluding carboxylic acids is 1. The van der Waals surface area contributed by atoms with Gasteiger partial charge in [-0.3, -0.25) is 4.79 Å². The maximum atomic E-state index is 11.7. The Morgan fingerprint density at radius 1 is 1.53 bits per heavy atom. The molecule has 0 bridgehead atoms. The van der Waals surface area contributed by atoms with Crippen molar-refractivity contribution in [3.05, 3.63) is 0 Å². The van der Waals surface area contributed by atoms with Crippen LogP contribution in [0.25, 0.3) is 0 Å². The molecule has 1 atom stereocenters. The second kappa shape index (κ2) is 7.12. The van der Waals surface area contributed by atoms with Crippen LogP contribution in [0.3, 0.4) is 0 Å². The minimum atomic E-state index is -0.367. The number of rotatable bonds is 7. The van der Waals surface area contributed by atoms with E-state index in [1.807, 2.05) is 20.1 Å². The van der Waals surface area contributed by atoms with Crippen LogP contribution >= 0.6 is 11.8 Å². The van der Waals surface area contributed by atoms with Crippen molar-refractivity contribution >= 4 is 17.7 Å². The second-order valence-corrected chi connectivity index (χ2v) is 5.50. The second-order valence-electron chi connectivity index (χ2n) is 4.51. The Balaban J connectivity index is 4.00. The van der Waals surface area contributed by atoms with Gasteiger partial charge in [0, 0.05) is 5.54 Å². The zero-order valence-corrected chi connectivity index (χ0v) is 11.1. The van der Waals surface area contributed by atoms with Crippen molar-refractivity contribution in [2.24, 2.45) is 5.73 Å². The lowest BCUT2D eigenvalue weighted by Crippen LogP contribution is -2.50. The highest BCUT2D eigenvalue weighted by molar-refractivity contribution is 7.98. The van der Waals surface area contributed by atoms with Gasteiger partial charge in [0.15, 0.2) is 0 Å². The van der Waals surface area contributed by atoms with Crippen molar-refractivity contribution in [2.45, 2.75) is 51.6 Å². The Kier molecular flexibility index (Phi) is 7.02. The maximum absolute atomic E-state index is 11.7. The summed E-state index contributed by atoms with van der Waals surface area (Å²) in [7, 11) is 0. The van der Waals surface area contributed by atoms with Gasteiger partial charge >= 0.3 is 0 Å². The highest BCUT2D eigenvalue weighted by Crippen LogP contribution is 2.11. The molecule has 0 unspecified atom stereocenters. The summed E-state index contributed by atoms with van der Waals surface area (Å²) >= 11 is 1.72. The van der Waals surface area contributed by atoms with E-state index in [0.29, 0.717) is 0 Å². The quantitative estimate of drug-likeness (QED) is 0.703. The van der Waals surface area contributed by atoms with Crippen LogP contribution in [0.5, 0.6) is 0 Å². The SMILES string of the molecule is CCCC(C)(C)NC(=O)[C@H](N)CCSC. The van der Waals surface area contributed by atoms with E-state index in [9.17, 15) is 4.79 Å². The zero-order valence-electron chi connectivity index (χ0n) is 10.3. The van der Waals surface area contributed by atoms with Gasteiger partial charge in [-0.1, -0.05) is 13.3 Å². The summed E-state index contributed by atoms with van der Waals surface area (Å²) in [6.07, 6.45) is 4.81. The number of hydrogen-bond donors (Lipinski definition) is 2. The van der Waals surface area contributed by atoms with Crippen molar-refractivity contribution in [3.63, 3.8) is 0 Å². The number of thioether (sulfide) groups is 1. The molecule has 0 saturated carbocycles. The summed E-state index contributed by atoms with van der Waals surface area (Å²) in [5.41, 5.74) is 5.65. The first-order valence-electron chi connectivity index (χ1n) is 5.49. The standard InChI is InChI=1S/C11H24N2OS/c1-5-7-11(2,3)13-10(14)9(12)6-8-15-4/h9H,5-8,12H2,1-4H3,(H,13,14)/t9-/m1/s1. The number of nitrogens with one attached hydrogen (secondary N) is 1. The Bertz CT molecular complexity index is 195. The molecular weight excluding hydrogens is 208 g/mol. The molecular formula is C11H24N2OS. The average Bonchev–Trinajstić information content (AvgIpc) is 2.13. The molecule has 0 aliphatic rings. The third kappa shape index (κ3) is 6.79. The van der Waals surface area contributed by atoms with Gasteiger partial charge in [0.1, 0.15) is 0 Å². The monoisotopic (exact) mass is 232 g/mol. The highest BCUT2D eigenvalue weighted by Gasteiger charge is 2.22. The molecule has 0 rings (SSSR count). The fourth-order valence-electron chi connectivity index (χ4n) is 1.49. The highest BCUT2D eigenvalue weighted by atomic mass is 32.2. The molecule has 90 valence electrons. The molecule has 15 heavy (non-hydrogen) atoms. The van der Waals surface area contributed by atoms with Crippen molar-refractivity contribution in [1.29, 1.82) is 0 Å². The Labute approximate surface area is 97.6 Å². The summed E-state index contributed by atoms with van der Waals surface area (Å²) in [5, 5.41) is 2.99. The van der Waals surface area contributed by atoms with Crippen LogP contribution in [0.15, 0.2) is 0 Å². The normalized spacial score (nSPS) is 13.7. The Morgan fingerprint density at radius 2 is 2.13 bits per heavy atom. The summed E-state index contributed by atoms with van der Waals surface area (Å²) < 4.78 is 0. The maximum Gasteiger partial charge on any atom is 0.237 e. The Hall–Kier alpha value is -0.220. The molecule has 1 amide bonds. The lowest BCUT2D eigenvalue weighted by Gasteiger charge is -2.27. The molecule has 0 aromatic heterocycles. The van der Waals surface area contributed by atoms with Crippen LogP contribution in [0.2, 0.25) is 0 Å². The van der Waals surface area contributed by atoms with Gasteiger partial charge < -0.3 is 11.1 Å². The number of nitrogens with two attached hydrogens (primary N) is 1. The predicted octanol–water partition coefficient (Wildman–Crippen LogP) is 1.76. The first-order chi connectivity index (χ1) is 6.93. The van der Waals surface area contributed by atoms with E-state index in [1.165, 1.54) is 0 Å². The molecule has 0 heterocycles. The van der Waals surface area contributed by atoms with Crippen LogP contribution in [-0.2, 0) is 4.79 Å². The average molecular weight is 232 g/mol. The van der Waals surface area contributed by atoms with Crippen LogP contribution in [0.1, 0.15) is 40.0 Å². The summed E-state index contributed by atoms with van der Waals surface area (Å²) in [5.74, 6) is 0.908. The van der Waals surface area contributed by atoms with Gasteiger partial charge in [0.05, 0.1) is 6.04 Å². The number of amides is 1. The van der Waals surface area contributed by atoms with Crippen LogP contribution in [0, 0.1) is 0 Å². The lowest BCUT2D eigenvalue weighted by atomic mass is 9.98. The smallest absolute Gasteiger partial charge is 0.237 e. The molecule has 0 aliphatic carbocycles. The van der Waals surface area contributed by atoms with Crippen LogP contribution < -0.4 is 11.1 Å². The molecule has 3 nitrogen and oxygen atoms in total. The van der Waals surface area contributed by atoms with Crippen molar-refractivity contribution in [3.8, 4) is 0 Å². The van der Waals surface area contributed by atoms with Gasteiger partial charge in [-0.05, 0) is 38.7 Å². The molecule has 0 saturated heterocycles. The molecule has 0 aromatic carbocycles. The molecule has 0 radical (unpaired) electrons. The summed E-state index contributed by atoms with van der Waals surface area (Å²) in [6.45, 7) is 6.19. The zero-order chi connectivity index (χ0) is 11.9. The van der Waals surface area contributed by atoms with E-state index in [2.05, 4.69) is 12.2 Å². The van der Waals surface area contributed by atoms with Crippen molar-refractivity contribution < 1.29 is 4.79 Å². The third-order valence-corrected chi connectivity index (χ3v) is 2.95. The molecule has 0 fully saturated rings. The lowest BCUT2D eigenvalue weighted by molar-refractivity contribution is -0.124. The third-order valence-electron chi connectivity index (χ3n) is 2.31. The minimum absolute atomic E-state index is 0.0255. The van der Waals surface area contributed by atoms with Gasteiger partial charge in [-0.2, -0.15) is 11.8 Å². The minimum Gasteiger partial charge on any atom is -0.350 e. The van der Waals surface area contributed by atoms with E-state index < -0.39 is 0 Å². The van der Waals surface area contributed by atoms with Crippen molar-refractivity contribution in [2.75, 3.05) is 12.0 Å². The topological polar surface area (TPSA) is 55.1 Å². The van der Waals surface area contributed by atoms with E-state index in [0.717, 1.165) is 25.0 Å². The van der Waals surface area contributed by atoms with Gasteiger partial charge in [-0.15, -0.1) is 0 Å². The summed E-state index contributed by atoms with van der Waals surface area (Å²) in [4.78, 5) is 11.7. The van der Waals surface area contributed by atoms with Crippen LogP contribution in [-0.4, -0.2) is 29.5 Å². The van der Waals surface area contributed by atoms with Gasteiger partial charge in [-0.25, -0.2) is 0 Å². The Morgan fingerprint density at radius 3 is 2.60 bits per heavy atom. The van der Waals surface area contributed by atoms with Crippen molar-refractivity contribution in [1.82, 2.24) is 5.32 Å². The molecule has 0 spiro atoms.